The summed E-state index contributed by atoms with van der Waals surface area (Å²) >= 11 is 0. The Morgan fingerprint density at radius 1 is 1.45 bits per heavy atom. The molecule has 0 fully saturated rings. The molecule has 1 aromatic rings. The second-order valence-electron chi connectivity index (χ2n) is 4.63. The molecule has 0 aliphatic rings. The molecular weight excluding hydrogens is 254 g/mol. The van der Waals surface area contributed by atoms with Gasteiger partial charge in [0.25, 0.3) is 5.91 Å². The Labute approximate surface area is 120 Å². The summed E-state index contributed by atoms with van der Waals surface area (Å²) in [5, 5.41) is 11.5. The van der Waals surface area contributed by atoms with Gasteiger partial charge in [-0.15, -0.1) is 0 Å². The van der Waals surface area contributed by atoms with Crippen molar-refractivity contribution in [1.82, 2.24) is 15.2 Å². The largest absolute Gasteiger partial charge is 0.384 e. The molecule has 0 radical (unpaired) electrons. The van der Waals surface area contributed by atoms with E-state index in [1.54, 1.807) is 18.3 Å². The fourth-order valence-corrected chi connectivity index (χ4v) is 1.66. The third-order valence-corrected chi connectivity index (χ3v) is 2.64. The van der Waals surface area contributed by atoms with Crippen molar-refractivity contribution in [2.75, 3.05) is 33.8 Å². The van der Waals surface area contributed by atoms with E-state index in [9.17, 15) is 4.79 Å². The molecule has 1 aromatic heterocycles. The molecule has 0 atom stereocenters. The Morgan fingerprint density at radius 3 is 2.95 bits per heavy atom. The van der Waals surface area contributed by atoms with Crippen molar-refractivity contribution in [2.24, 2.45) is 0 Å². The van der Waals surface area contributed by atoms with E-state index >= 15 is 0 Å². The smallest absolute Gasteiger partial charge is 0.271 e. The van der Waals surface area contributed by atoms with Gasteiger partial charge in [-0.3, -0.25) is 4.79 Å². The van der Waals surface area contributed by atoms with Crippen LogP contribution in [0.15, 0.2) is 18.3 Å². The number of hydrogen-bond acceptors (Lipinski definition) is 4. The summed E-state index contributed by atoms with van der Waals surface area (Å²) in [6, 6.07) is 3.44. The van der Waals surface area contributed by atoms with Gasteiger partial charge < -0.3 is 15.3 Å². The maximum Gasteiger partial charge on any atom is 0.271 e. The molecule has 0 aromatic carbocycles. The number of carbonyl (C=O) groups is 1. The predicted molar refractivity (Wildman–Crippen MR) is 78.3 cm³/mol. The molecule has 0 aliphatic heterocycles. The fraction of sp³-hybridized carbons (Fsp3) is 0.467. The second-order valence-corrected chi connectivity index (χ2v) is 4.63. The predicted octanol–water partition coefficient (Wildman–Crippen LogP) is 0.497. The number of hydrogen-bond donors (Lipinski definition) is 2. The van der Waals surface area contributed by atoms with Gasteiger partial charge in [0.1, 0.15) is 12.3 Å². The van der Waals surface area contributed by atoms with E-state index in [-0.39, 0.29) is 12.5 Å². The highest BCUT2D eigenvalue weighted by Crippen LogP contribution is 2.03. The summed E-state index contributed by atoms with van der Waals surface area (Å²) in [4.78, 5) is 18.2. The van der Waals surface area contributed by atoms with Crippen molar-refractivity contribution in [3.63, 3.8) is 0 Å². The highest BCUT2D eigenvalue weighted by atomic mass is 16.2. The van der Waals surface area contributed by atoms with Crippen LogP contribution in [0.3, 0.4) is 0 Å². The van der Waals surface area contributed by atoms with Crippen LogP contribution in [0.1, 0.15) is 28.9 Å². The lowest BCUT2D eigenvalue weighted by molar-refractivity contribution is 0.0947. The standard InChI is InChI=1S/C15H21N3O2/c1-18(2)11-4-3-9-17-15(20)14-13(8-6-12-19)7-5-10-16-14/h5,7,10,19H,3-4,9,11-12H2,1-2H3,(H,17,20). The van der Waals surface area contributed by atoms with Crippen molar-refractivity contribution < 1.29 is 9.90 Å². The highest BCUT2D eigenvalue weighted by molar-refractivity contribution is 5.94. The first kappa shape index (κ1) is 16.2. The van der Waals surface area contributed by atoms with Gasteiger partial charge in [-0.1, -0.05) is 11.8 Å². The van der Waals surface area contributed by atoms with Crippen LogP contribution in [0.4, 0.5) is 0 Å². The summed E-state index contributed by atoms with van der Waals surface area (Å²) < 4.78 is 0. The Bertz CT molecular complexity index is 489. The number of carbonyl (C=O) groups excluding carboxylic acids is 1. The minimum atomic E-state index is -0.236. The number of pyridine rings is 1. The average Bonchev–Trinajstić information content (AvgIpc) is 2.44. The number of unbranched alkanes of at least 4 members (excludes halogenated alkanes) is 1. The number of aliphatic hydroxyl groups is 1. The van der Waals surface area contributed by atoms with Crippen LogP contribution >= 0.6 is 0 Å². The first-order valence-corrected chi connectivity index (χ1v) is 6.63. The van der Waals surface area contributed by atoms with E-state index < -0.39 is 0 Å². The Morgan fingerprint density at radius 2 is 2.25 bits per heavy atom. The van der Waals surface area contributed by atoms with E-state index in [2.05, 4.69) is 27.0 Å². The quantitative estimate of drug-likeness (QED) is 0.586. The van der Waals surface area contributed by atoms with Crippen molar-refractivity contribution >= 4 is 5.91 Å². The van der Waals surface area contributed by atoms with E-state index in [1.165, 1.54) is 0 Å². The third-order valence-electron chi connectivity index (χ3n) is 2.64. The first-order valence-electron chi connectivity index (χ1n) is 6.63. The maximum atomic E-state index is 12.0. The van der Waals surface area contributed by atoms with Crippen LogP contribution in [-0.2, 0) is 0 Å². The Hall–Kier alpha value is -1.90. The van der Waals surface area contributed by atoms with Crippen LogP contribution in [-0.4, -0.2) is 54.7 Å². The number of aliphatic hydroxyl groups excluding tert-OH is 1. The Kier molecular flexibility index (Phi) is 7.33. The summed E-state index contributed by atoms with van der Waals surface area (Å²) in [5.74, 6) is 5.03. The number of nitrogens with zero attached hydrogens (tertiary/aromatic N) is 2. The molecule has 0 saturated carbocycles. The van der Waals surface area contributed by atoms with Crippen molar-refractivity contribution in [3.05, 3.63) is 29.6 Å². The van der Waals surface area contributed by atoms with E-state index in [4.69, 9.17) is 5.11 Å². The Balaban J connectivity index is 2.51. The van der Waals surface area contributed by atoms with Crippen LogP contribution in [0.25, 0.3) is 0 Å². The zero-order valence-corrected chi connectivity index (χ0v) is 12.0. The normalized spacial score (nSPS) is 10.0. The van der Waals surface area contributed by atoms with Gasteiger partial charge >= 0.3 is 0 Å². The van der Waals surface area contributed by atoms with Gasteiger partial charge in [0, 0.05) is 12.7 Å². The van der Waals surface area contributed by atoms with Crippen molar-refractivity contribution in [3.8, 4) is 11.8 Å². The van der Waals surface area contributed by atoms with Crippen molar-refractivity contribution in [1.29, 1.82) is 0 Å². The number of nitrogens with one attached hydrogen (secondary N) is 1. The monoisotopic (exact) mass is 275 g/mol. The molecule has 0 spiro atoms. The van der Waals surface area contributed by atoms with Gasteiger partial charge in [-0.2, -0.15) is 0 Å². The lowest BCUT2D eigenvalue weighted by Crippen LogP contribution is -2.27. The molecule has 1 heterocycles. The van der Waals surface area contributed by atoms with E-state index in [0.29, 0.717) is 17.8 Å². The highest BCUT2D eigenvalue weighted by Gasteiger charge is 2.10. The average molecular weight is 275 g/mol. The summed E-state index contributed by atoms with van der Waals surface area (Å²) in [6.07, 6.45) is 3.52. The molecule has 5 heteroatoms. The van der Waals surface area contributed by atoms with Crippen LogP contribution in [0.2, 0.25) is 0 Å². The van der Waals surface area contributed by atoms with Gasteiger partial charge in [-0.05, 0) is 45.6 Å². The minimum absolute atomic E-state index is 0.224. The topological polar surface area (TPSA) is 65.5 Å². The molecule has 5 nitrogen and oxygen atoms in total. The number of aromatic nitrogens is 1. The second kappa shape index (κ2) is 9.08. The number of rotatable bonds is 6. The fourth-order valence-electron chi connectivity index (χ4n) is 1.66. The first-order chi connectivity index (χ1) is 9.65. The van der Waals surface area contributed by atoms with Gasteiger partial charge in [0.2, 0.25) is 0 Å². The van der Waals surface area contributed by atoms with Gasteiger partial charge in [-0.25, -0.2) is 4.98 Å². The molecule has 0 aliphatic carbocycles. The van der Waals surface area contributed by atoms with Crippen LogP contribution in [0.5, 0.6) is 0 Å². The third kappa shape index (κ3) is 5.83. The summed E-state index contributed by atoms with van der Waals surface area (Å²) in [7, 11) is 4.05. The minimum Gasteiger partial charge on any atom is -0.384 e. The zero-order chi connectivity index (χ0) is 14.8. The number of amides is 1. The molecule has 1 amide bonds. The van der Waals surface area contributed by atoms with Gasteiger partial charge in [0.15, 0.2) is 0 Å². The molecule has 20 heavy (non-hydrogen) atoms. The molecule has 2 N–H and O–H groups in total. The summed E-state index contributed by atoms with van der Waals surface area (Å²) in [6.45, 7) is 1.39. The molecular formula is C15H21N3O2. The molecule has 1 rings (SSSR count). The maximum absolute atomic E-state index is 12.0. The molecule has 0 saturated heterocycles. The van der Waals surface area contributed by atoms with Crippen LogP contribution in [0, 0.1) is 11.8 Å². The van der Waals surface area contributed by atoms with E-state index in [0.717, 1.165) is 19.4 Å². The SMILES string of the molecule is CN(C)CCCCNC(=O)c1ncccc1C#CCO. The molecule has 0 bridgehead atoms. The van der Waals surface area contributed by atoms with E-state index in [1.807, 2.05) is 14.1 Å². The molecule has 0 unspecified atom stereocenters. The van der Waals surface area contributed by atoms with Gasteiger partial charge in [0.05, 0.1) is 5.56 Å². The lowest BCUT2D eigenvalue weighted by Gasteiger charge is -2.09. The van der Waals surface area contributed by atoms with Crippen LogP contribution < -0.4 is 5.32 Å². The van der Waals surface area contributed by atoms with Crippen molar-refractivity contribution in [2.45, 2.75) is 12.8 Å². The lowest BCUT2D eigenvalue weighted by atomic mass is 10.2. The zero-order valence-electron chi connectivity index (χ0n) is 12.0. The molecule has 108 valence electrons. The summed E-state index contributed by atoms with van der Waals surface area (Å²) in [5.41, 5.74) is 0.841.